The Balaban J connectivity index is 2.97. The zero-order chi connectivity index (χ0) is 15.1. The number of carbonyl (C=O) groups is 1. The Kier molecular flexibility index (Phi) is 6.17. The second-order valence-corrected chi connectivity index (χ2v) is 4.07. The van der Waals surface area contributed by atoms with E-state index in [9.17, 15) is 13.6 Å². The molecule has 3 N–H and O–H groups in total. The van der Waals surface area contributed by atoms with Crippen LogP contribution < -0.4 is 20.5 Å². The van der Waals surface area contributed by atoms with Crippen LogP contribution in [-0.4, -0.2) is 26.2 Å². The van der Waals surface area contributed by atoms with Crippen LogP contribution in [0.15, 0.2) is 18.2 Å². The maximum Gasteiger partial charge on any atom is 0.387 e. The molecule has 1 amide bonds. The van der Waals surface area contributed by atoms with E-state index < -0.39 is 6.61 Å². The average Bonchev–Trinajstić information content (AvgIpc) is 2.41. The van der Waals surface area contributed by atoms with E-state index in [1.54, 1.807) is 0 Å². The highest BCUT2D eigenvalue weighted by atomic mass is 19.3. The number of carbonyl (C=O) groups excluding carboxylic acids is 1. The molecule has 112 valence electrons. The molecule has 0 fully saturated rings. The fourth-order valence-corrected chi connectivity index (χ4v) is 1.63. The number of nitrogens with one attached hydrogen (secondary N) is 1. The predicted octanol–water partition coefficient (Wildman–Crippen LogP) is 2.22. The first-order valence-electron chi connectivity index (χ1n) is 6.15. The molecule has 1 unspecified atom stereocenters. The van der Waals surface area contributed by atoms with Crippen molar-refractivity contribution in [3.63, 3.8) is 0 Å². The Hall–Kier alpha value is -1.89. The third-order valence-electron chi connectivity index (χ3n) is 2.81. The highest BCUT2D eigenvalue weighted by molar-refractivity contribution is 5.94. The van der Waals surface area contributed by atoms with E-state index in [0.717, 1.165) is 0 Å². The van der Waals surface area contributed by atoms with Crippen LogP contribution in [-0.2, 0) is 4.79 Å². The molecule has 1 rings (SSSR count). The number of hydrogen-bond donors (Lipinski definition) is 2. The summed E-state index contributed by atoms with van der Waals surface area (Å²) in [7, 11) is 1.43. The Morgan fingerprint density at radius 3 is 2.65 bits per heavy atom. The molecule has 0 aliphatic carbocycles. The number of methoxy groups -OCH3 is 1. The molecule has 0 saturated carbocycles. The van der Waals surface area contributed by atoms with Gasteiger partial charge in [-0.05, 0) is 18.6 Å². The molecule has 0 spiro atoms. The number of hydrogen-bond acceptors (Lipinski definition) is 4. The summed E-state index contributed by atoms with van der Waals surface area (Å²) in [6.45, 7) is -0.980. The van der Waals surface area contributed by atoms with Crippen molar-refractivity contribution in [1.82, 2.24) is 0 Å². The predicted molar refractivity (Wildman–Crippen MR) is 71.1 cm³/mol. The summed E-state index contributed by atoms with van der Waals surface area (Å²) in [6.07, 6.45) is 0.553. The van der Waals surface area contributed by atoms with Gasteiger partial charge in [-0.3, -0.25) is 4.79 Å². The highest BCUT2D eigenvalue weighted by Gasteiger charge is 2.18. The van der Waals surface area contributed by atoms with Crippen LogP contribution in [0, 0.1) is 5.92 Å². The van der Waals surface area contributed by atoms with Crippen LogP contribution in [0.1, 0.15) is 13.3 Å². The normalized spacial score (nSPS) is 12.1. The zero-order valence-electron chi connectivity index (χ0n) is 11.4. The van der Waals surface area contributed by atoms with Crippen LogP contribution in [0.5, 0.6) is 11.5 Å². The van der Waals surface area contributed by atoms with Crippen molar-refractivity contribution in [2.45, 2.75) is 20.0 Å². The van der Waals surface area contributed by atoms with E-state index in [1.165, 1.54) is 25.3 Å². The van der Waals surface area contributed by atoms with Gasteiger partial charge in [0.2, 0.25) is 5.91 Å². The number of rotatable bonds is 7. The van der Waals surface area contributed by atoms with Crippen LogP contribution in [0.4, 0.5) is 14.5 Å². The largest absolute Gasteiger partial charge is 0.497 e. The number of halogens is 2. The standard InChI is InChI=1S/C13H18F2N2O3/c1-3-8(7-16)12(18)17-10-6-9(19-2)4-5-11(10)20-13(14)15/h4-6,8,13H,3,7,16H2,1-2H3,(H,17,18). The fourth-order valence-electron chi connectivity index (χ4n) is 1.63. The molecular weight excluding hydrogens is 270 g/mol. The molecule has 0 aromatic heterocycles. The number of nitrogens with two attached hydrogens (primary N) is 1. The fraction of sp³-hybridized carbons (Fsp3) is 0.462. The Morgan fingerprint density at radius 1 is 1.45 bits per heavy atom. The summed E-state index contributed by atoms with van der Waals surface area (Å²) >= 11 is 0. The molecule has 5 nitrogen and oxygen atoms in total. The molecule has 0 bridgehead atoms. The highest BCUT2D eigenvalue weighted by Crippen LogP contribution is 2.30. The van der Waals surface area contributed by atoms with Crippen molar-refractivity contribution in [3.8, 4) is 11.5 Å². The Labute approximate surface area is 116 Å². The third-order valence-corrected chi connectivity index (χ3v) is 2.81. The van der Waals surface area contributed by atoms with E-state index >= 15 is 0 Å². The van der Waals surface area contributed by atoms with Gasteiger partial charge in [0.15, 0.2) is 0 Å². The van der Waals surface area contributed by atoms with Gasteiger partial charge in [0, 0.05) is 12.6 Å². The van der Waals surface area contributed by atoms with Gasteiger partial charge in [-0.25, -0.2) is 0 Å². The SMILES string of the molecule is CCC(CN)C(=O)Nc1cc(OC)ccc1OC(F)F. The smallest absolute Gasteiger partial charge is 0.387 e. The van der Waals surface area contributed by atoms with Crippen molar-refractivity contribution in [2.75, 3.05) is 19.0 Å². The van der Waals surface area contributed by atoms with E-state index in [0.29, 0.717) is 12.2 Å². The van der Waals surface area contributed by atoms with Crippen LogP contribution in [0.2, 0.25) is 0 Å². The molecule has 0 saturated heterocycles. The minimum absolute atomic E-state index is 0.124. The quantitative estimate of drug-likeness (QED) is 0.807. The lowest BCUT2D eigenvalue weighted by Gasteiger charge is -2.16. The van der Waals surface area contributed by atoms with Gasteiger partial charge in [0.05, 0.1) is 18.7 Å². The summed E-state index contributed by atoms with van der Waals surface area (Å²) in [5.41, 5.74) is 5.60. The van der Waals surface area contributed by atoms with E-state index in [2.05, 4.69) is 10.1 Å². The first kappa shape index (κ1) is 16.2. The van der Waals surface area contributed by atoms with Crippen molar-refractivity contribution in [1.29, 1.82) is 0 Å². The molecular formula is C13H18F2N2O3. The summed E-state index contributed by atoms with van der Waals surface area (Å²) < 4.78 is 34.0. The first-order chi connectivity index (χ1) is 9.51. The second-order valence-electron chi connectivity index (χ2n) is 4.07. The monoisotopic (exact) mass is 288 g/mol. The number of amides is 1. The van der Waals surface area contributed by atoms with Gasteiger partial charge < -0.3 is 20.5 Å². The van der Waals surface area contributed by atoms with Crippen molar-refractivity contribution in [2.24, 2.45) is 11.7 Å². The Morgan fingerprint density at radius 2 is 2.15 bits per heavy atom. The summed E-state index contributed by atoms with van der Waals surface area (Å²) in [5.74, 6) is -0.438. The van der Waals surface area contributed by atoms with Crippen molar-refractivity contribution in [3.05, 3.63) is 18.2 Å². The lowest BCUT2D eigenvalue weighted by molar-refractivity contribution is -0.119. The number of ether oxygens (including phenoxy) is 2. The summed E-state index contributed by atoms with van der Waals surface area (Å²) in [4.78, 5) is 11.9. The molecule has 0 aliphatic heterocycles. The minimum Gasteiger partial charge on any atom is -0.497 e. The Bertz CT molecular complexity index is 451. The molecule has 1 atom stereocenters. The topological polar surface area (TPSA) is 73.6 Å². The van der Waals surface area contributed by atoms with Crippen LogP contribution >= 0.6 is 0 Å². The van der Waals surface area contributed by atoms with Gasteiger partial charge in [0.25, 0.3) is 0 Å². The third kappa shape index (κ3) is 4.34. The van der Waals surface area contributed by atoms with E-state index in [-0.39, 0.29) is 29.8 Å². The molecule has 0 heterocycles. The van der Waals surface area contributed by atoms with Crippen LogP contribution in [0.25, 0.3) is 0 Å². The molecule has 20 heavy (non-hydrogen) atoms. The maximum atomic E-state index is 12.3. The summed E-state index contributed by atoms with van der Waals surface area (Å²) in [5, 5.41) is 2.54. The van der Waals surface area contributed by atoms with Gasteiger partial charge in [-0.15, -0.1) is 0 Å². The minimum atomic E-state index is -2.98. The molecule has 1 aromatic carbocycles. The van der Waals surface area contributed by atoms with Crippen LogP contribution in [0.3, 0.4) is 0 Å². The van der Waals surface area contributed by atoms with Crippen molar-refractivity contribution >= 4 is 11.6 Å². The molecule has 7 heteroatoms. The van der Waals surface area contributed by atoms with Gasteiger partial charge in [-0.1, -0.05) is 6.92 Å². The number of benzene rings is 1. The molecule has 0 radical (unpaired) electrons. The van der Waals surface area contributed by atoms with Crippen molar-refractivity contribution < 1.29 is 23.0 Å². The van der Waals surface area contributed by atoms with E-state index in [4.69, 9.17) is 10.5 Å². The average molecular weight is 288 g/mol. The summed E-state index contributed by atoms with van der Waals surface area (Å²) in [6, 6.07) is 4.19. The molecule has 1 aromatic rings. The number of anilines is 1. The maximum absolute atomic E-state index is 12.3. The molecule has 0 aliphatic rings. The van der Waals surface area contributed by atoms with Gasteiger partial charge >= 0.3 is 6.61 Å². The zero-order valence-corrected chi connectivity index (χ0v) is 11.4. The lowest BCUT2D eigenvalue weighted by atomic mass is 10.1. The van der Waals surface area contributed by atoms with E-state index in [1.807, 2.05) is 6.92 Å². The first-order valence-corrected chi connectivity index (χ1v) is 6.15. The van der Waals surface area contributed by atoms with Gasteiger partial charge in [-0.2, -0.15) is 8.78 Å². The lowest BCUT2D eigenvalue weighted by Crippen LogP contribution is -2.28. The second kappa shape index (κ2) is 7.64. The number of alkyl halides is 2. The van der Waals surface area contributed by atoms with Gasteiger partial charge in [0.1, 0.15) is 11.5 Å².